The van der Waals surface area contributed by atoms with E-state index < -0.39 is 0 Å². The molecule has 0 N–H and O–H groups in total. The summed E-state index contributed by atoms with van der Waals surface area (Å²) in [6.45, 7) is 8.40. The van der Waals surface area contributed by atoms with Crippen molar-refractivity contribution < 1.29 is 0 Å². The molecule has 1 atom stereocenters. The SMILES string of the molecule is CC1(C)CCCN(CC(CS)c2ccccc2)C1. The summed E-state index contributed by atoms with van der Waals surface area (Å²) in [5.41, 5.74) is 1.91. The van der Waals surface area contributed by atoms with Crippen LogP contribution in [0.15, 0.2) is 30.3 Å². The molecule has 1 unspecified atom stereocenters. The minimum absolute atomic E-state index is 0.482. The largest absolute Gasteiger partial charge is 0.302 e. The highest BCUT2D eigenvalue weighted by Crippen LogP contribution is 2.30. The van der Waals surface area contributed by atoms with E-state index in [1.165, 1.54) is 31.5 Å². The molecule has 0 bridgehead atoms. The van der Waals surface area contributed by atoms with Gasteiger partial charge in [-0.15, -0.1) is 0 Å². The molecular weight excluding hydrogens is 238 g/mol. The molecule has 0 radical (unpaired) electrons. The molecule has 0 amide bonds. The van der Waals surface area contributed by atoms with Crippen LogP contribution in [0.3, 0.4) is 0 Å². The zero-order chi connectivity index (χ0) is 13.0. The maximum Gasteiger partial charge on any atom is 0.00584 e. The van der Waals surface area contributed by atoms with Gasteiger partial charge in [0.15, 0.2) is 0 Å². The lowest BCUT2D eigenvalue weighted by molar-refractivity contribution is 0.113. The van der Waals surface area contributed by atoms with Crippen molar-refractivity contribution in [2.45, 2.75) is 32.6 Å². The van der Waals surface area contributed by atoms with Gasteiger partial charge in [0.25, 0.3) is 0 Å². The second-order valence-electron chi connectivity index (χ2n) is 6.29. The van der Waals surface area contributed by atoms with E-state index in [0.717, 1.165) is 12.3 Å². The van der Waals surface area contributed by atoms with E-state index in [1.54, 1.807) is 0 Å². The standard InChI is InChI=1S/C16H25NS/c1-16(2)9-6-10-17(13-16)11-15(12-18)14-7-4-3-5-8-14/h3-5,7-8,15,18H,6,9-13H2,1-2H3. The molecule has 1 aliphatic rings. The molecule has 2 heteroatoms. The quantitative estimate of drug-likeness (QED) is 0.808. The predicted molar refractivity (Wildman–Crippen MR) is 82.5 cm³/mol. The van der Waals surface area contributed by atoms with Crippen molar-refractivity contribution in [3.05, 3.63) is 35.9 Å². The first-order valence-corrected chi connectivity index (χ1v) is 7.62. The predicted octanol–water partition coefficient (Wildman–Crippen LogP) is 3.82. The Morgan fingerprint density at radius 2 is 2.00 bits per heavy atom. The molecule has 1 fully saturated rings. The van der Waals surface area contributed by atoms with E-state index in [-0.39, 0.29) is 0 Å². The molecule has 0 saturated carbocycles. The third-order valence-corrected chi connectivity index (χ3v) is 4.39. The highest BCUT2D eigenvalue weighted by atomic mass is 32.1. The summed E-state index contributed by atoms with van der Waals surface area (Å²) in [5, 5.41) is 0. The van der Waals surface area contributed by atoms with Crippen LogP contribution in [0.1, 0.15) is 38.2 Å². The topological polar surface area (TPSA) is 3.24 Å². The number of thiol groups is 1. The van der Waals surface area contributed by atoms with Crippen LogP contribution >= 0.6 is 12.6 Å². The summed E-state index contributed by atoms with van der Waals surface area (Å²) in [6.07, 6.45) is 2.70. The Balaban J connectivity index is 1.98. The fraction of sp³-hybridized carbons (Fsp3) is 0.625. The normalized spacial score (nSPS) is 21.7. The maximum absolute atomic E-state index is 4.54. The van der Waals surface area contributed by atoms with Crippen LogP contribution < -0.4 is 0 Å². The second kappa shape index (κ2) is 6.12. The molecule has 1 aromatic rings. The fourth-order valence-electron chi connectivity index (χ4n) is 3.01. The number of rotatable bonds is 4. The lowest BCUT2D eigenvalue weighted by Gasteiger charge is -2.39. The van der Waals surface area contributed by atoms with Crippen molar-refractivity contribution in [3.8, 4) is 0 Å². The van der Waals surface area contributed by atoms with Crippen molar-refractivity contribution in [2.24, 2.45) is 5.41 Å². The summed E-state index contributed by atoms with van der Waals surface area (Å²) in [4.78, 5) is 2.62. The van der Waals surface area contributed by atoms with Gasteiger partial charge < -0.3 is 4.90 Å². The van der Waals surface area contributed by atoms with Crippen LogP contribution in [0.5, 0.6) is 0 Å². The van der Waals surface area contributed by atoms with Crippen molar-refractivity contribution >= 4 is 12.6 Å². The van der Waals surface area contributed by atoms with Gasteiger partial charge >= 0.3 is 0 Å². The van der Waals surface area contributed by atoms with Crippen molar-refractivity contribution in [1.29, 1.82) is 0 Å². The van der Waals surface area contributed by atoms with E-state index in [1.807, 2.05) is 0 Å². The Labute approximate surface area is 117 Å². The third kappa shape index (κ3) is 3.76. The molecule has 1 saturated heterocycles. The molecule has 1 aliphatic heterocycles. The molecule has 18 heavy (non-hydrogen) atoms. The number of hydrogen-bond acceptors (Lipinski definition) is 2. The summed E-state index contributed by atoms with van der Waals surface area (Å²) in [5.74, 6) is 1.49. The van der Waals surface area contributed by atoms with E-state index >= 15 is 0 Å². The number of likely N-dealkylation sites (tertiary alicyclic amines) is 1. The summed E-state index contributed by atoms with van der Waals surface area (Å²) >= 11 is 4.54. The molecule has 1 nitrogen and oxygen atoms in total. The van der Waals surface area contributed by atoms with Gasteiger partial charge in [-0.3, -0.25) is 0 Å². The summed E-state index contributed by atoms with van der Waals surface area (Å²) in [7, 11) is 0. The minimum atomic E-state index is 0.482. The molecule has 0 spiro atoms. The highest BCUT2D eigenvalue weighted by molar-refractivity contribution is 7.80. The van der Waals surface area contributed by atoms with Crippen LogP contribution in [0.2, 0.25) is 0 Å². The Kier molecular flexibility index (Phi) is 4.74. The zero-order valence-electron chi connectivity index (χ0n) is 11.6. The second-order valence-corrected chi connectivity index (χ2v) is 6.66. The molecule has 2 rings (SSSR count). The van der Waals surface area contributed by atoms with Gasteiger partial charge in [0.05, 0.1) is 0 Å². The van der Waals surface area contributed by atoms with Gasteiger partial charge in [-0.2, -0.15) is 12.6 Å². The molecule has 1 aromatic carbocycles. The smallest absolute Gasteiger partial charge is 0.00584 e. The van der Waals surface area contributed by atoms with Gasteiger partial charge in [-0.05, 0) is 36.1 Å². The maximum atomic E-state index is 4.54. The molecule has 1 heterocycles. The first-order valence-electron chi connectivity index (χ1n) is 6.99. The van der Waals surface area contributed by atoms with Gasteiger partial charge in [-0.25, -0.2) is 0 Å². The van der Waals surface area contributed by atoms with E-state index in [0.29, 0.717) is 11.3 Å². The number of hydrogen-bond donors (Lipinski definition) is 1. The van der Waals surface area contributed by atoms with E-state index in [9.17, 15) is 0 Å². The summed E-state index contributed by atoms with van der Waals surface area (Å²) in [6, 6.07) is 10.8. The van der Waals surface area contributed by atoms with Gasteiger partial charge in [0.1, 0.15) is 0 Å². The first-order chi connectivity index (χ1) is 8.61. The highest BCUT2D eigenvalue weighted by Gasteiger charge is 2.27. The average molecular weight is 263 g/mol. The van der Waals surface area contributed by atoms with Crippen LogP contribution in [0.25, 0.3) is 0 Å². The monoisotopic (exact) mass is 263 g/mol. The number of benzene rings is 1. The first kappa shape index (κ1) is 14.0. The van der Waals surface area contributed by atoms with Gasteiger partial charge in [0.2, 0.25) is 0 Å². The van der Waals surface area contributed by atoms with Crippen molar-refractivity contribution in [2.75, 3.05) is 25.4 Å². The molecule has 0 aromatic heterocycles. The third-order valence-electron chi connectivity index (χ3n) is 3.95. The fourth-order valence-corrected chi connectivity index (χ4v) is 3.33. The Bertz CT molecular complexity index is 361. The van der Waals surface area contributed by atoms with Crippen molar-refractivity contribution in [1.82, 2.24) is 4.90 Å². The van der Waals surface area contributed by atoms with E-state index in [4.69, 9.17) is 0 Å². The molecule has 100 valence electrons. The Morgan fingerprint density at radius 1 is 1.28 bits per heavy atom. The lowest BCUT2D eigenvalue weighted by Crippen LogP contribution is -2.42. The van der Waals surface area contributed by atoms with Crippen LogP contribution in [0, 0.1) is 5.41 Å². The van der Waals surface area contributed by atoms with Crippen molar-refractivity contribution in [3.63, 3.8) is 0 Å². The minimum Gasteiger partial charge on any atom is -0.302 e. The molecular formula is C16H25NS. The summed E-state index contributed by atoms with van der Waals surface area (Å²) < 4.78 is 0. The van der Waals surface area contributed by atoms with Gasteiger partial charge in [0, 0.05) is 19.0 Å². The molecule has 0 aliphatic carbocycles. The number of piperidine rings is 1. The average Bonchev–Trinajstić information content (AvgIpc) is 2.36. The Morgan fingerprint density at radius 3 is 2.61 bits per heavy atom. The number of nitrogens with zero attached hydrogens (tertiary/aromatic N) is 1. The van der Waals surface area contributed by atoms with Gasteiger partial charge in [-0.1, -0.05) is 44.2 Å². The van der Waals surface area contributed by atoms with Crippen LogP contribution in [0.4, 0.5) is 0 Å². The zero-order valence-corrected chi connectivity index (χ0v) is 12.5. The van der Waals surface area contributed by atoms with Crippen LogP contribution in [-0.2, 0) is 0 Å². The van der Waals surface area contributed by atoms with Crippen LogP contribution in [-0.4, -0.2) is 30.3 Å². The lowest BCUT2D eigenvalue weighted by atomic mass is 9.83. The van der Waals surface area contributed by atoms with E-state index in [2.05, 4.69) is 61.7 Å². The Hall–Kier alpha value is -0.470.